The summed E-state index contributed by atoms with van der Waals surface area (Å²) in [6.07, 6.45) is 2.29. The molecule has 0 unspecified atom stereocenters. The van der Waals surface area contributed by atoms with E-state index >= 15 is 0 Å². The molecule has 0 fully saturated rings. The molecule has 0 saturated carbocycles. The van der Waals surface area contributed by atoms with Gasteiger partial charge in [-0.1, -0.05) is 35.9 Å². The largest absolute Gasteiger partial charge is 0.486 e. The van der Waals surface area contributed by atoms with Gasteiger partial charge in [0.05, 0.1) is 0 Å². The molecule has 4 heteroatoms. The van der Waals surface area contributed by atoms with Gasteiger partial charge < -0.3 is 9.84 Å². The van der Waals surface area contributed by atoms with Gasteiger partial charge >= 0.3 is 5.97 Å². The van der Waals surface area contributed by atoms with Crippen molar-refractivity contribution < 1.29 is 19.0 Å². The van der Waals surface area contributed by atoms with E-state index in [4.69, 9.17) is 9.84 Å². The van der Waals surface area contributed by atoms with Crippen LogP contribution in [0.5, 0.6) is 5.75 Å². The van der Waals surface area contributed by atoms with Crippen LogP contribution in [0.25, 0.3) is 6.08 Å². The smallest absolute Gasteiger partial charge is 0.328 e. The van der Waals surface area contributed by atoms with E-state index in [1.807, 2.05) is 31.2 Å². The Kier molecular flexibility index (Phi) is 4.72. The third kappa shape index (κ3) is 4.45. The molecule has 0 saturated heterocycles. The van der Waals surface area contributed by atoms with Crippen molar-refractivity contribution in [3.8, 4) is 5.75 Å². The Hall–Kier alpha value is -2.62. The summed E-state index contributed by atoms with van der Waals surface area (Å²) in [5.74, 6) is -1.45. The van der Waals surface area contributed by atoms with Gasteiger partial charge in [0.1, 0.15) is 6.61 Å². The van der Waals surface area contributed by atoms with Gasteiger partial charge in [0.25, 0.3) is 0 Å². The number of aryl methyl sites for hydroxylation is 1. The Morgan fingerprint density at radius 2 is 2.10 bits per heavy atom. The molecule has 0 spiro atoms. The maximum atomic E-state index is 13.9. The minimum atomic E-state index is -1.07. The Morgan fingerprint density at radius 1 is 1.29 bits per heavy atom. The molecule has 0 radical (unpaired) electrons. The number of hydrogen-bond acceptors (Lipinski definition) is 2. The highest BCUT2D eigenvalue weighted by atomic mass is 19.1. The maximum absolute atomic E-state index is 13.9. The summed E-state index contributed by atoms with van der Waals surface area (Å²) in [6, 6.07) is 12.1. The van der Waals surface area contributed by atoms with E-state index in [0.717, 1.165) is 17.2 Å². The first-order valence-corrected chi connectivity index (χ1v) is 6.43. The van der Waals surface area contributed by atoms with E-state index in [1.54, 1.807) is 6.07 Å². The van der Waals surface area contributed by atoms with E-state index in [9.17, 15) is 9.18 Å². The second-order valence-corrected chi connectivity index (χ2v) is 4.64. The first-order valence-electron chi connectivity index (χ1n) is 6.43. The van der Waals surface area contributed by atoms with E-state index in [0.29, 0.717) is 5.56 Å². The summed E-state index contributed by atoms with van der Waals surface area (Å²) in [6.45, 7) is 2.26. The predicted octanol–water partition coefficient (Wildman–Crippen LogP) is 3.81. The van der Waals surface area contributed by atoms with Gasteiger partial charge in [-0.05, 0) is 36.3 Å². The van der Waals surface area contributed by atoms with E-state index in [-0.39, 0.29) is 12.4 Å². The predicted molar refractivity (Wildman–Crippen MR) is 78.6 cm³/mol. The fraction of sp³-hybridized carbons (Fsp3) is 0.118. The van der Waals surface area contributed by atoms with Gasteiger partial charge in [-0.2, -0.15) is 0 Å². The zero-order chi connectivity index (χ0) is 15.2. The third-order valence-electron chi connectivity index (χ3n) is 2.85. The highest BCUT2D eigenvalue weighted by Gasteiger charge is 2.04. The van der Waals surface area contributed by atoms with Crippen molar-refractivity contribution in [2.24, 2.45) is 0 Å². The number of rotatable bonds is 5. The Morgan fingerprint density at radius 3 is 2.76 bits per heavy atom. The SMILES string of the molecule is Cc1cccc(COc2ccc(/C=C/C(=O)O)cc2F)c1. The van der Waals surface area contributed by atoms with Gasteiger partial charge in [-0.25, -0.2) is 9.18 Å². The van der Waals surface area contributed by atoms with Crippen LogP contribution in [-0.2, 0) is 11.4 Å². The topological polar surface area (TPSA) is 46.5 Å². The van der Waals surface area contributed by atoms with Crippen LogP contribution in [0.15, 0.2) is 48.5 Å². The molecule has 2 aromatic rings. The summed E-state index contributed by atoms with van der Waals surface area (Å²) >= 11 is 0. The van der Waals surface area contributed by atoms with Crippen molar-refractivity contribution in [3.63, 3.8) is 0 Å². The van der Waals surface area contributed by atoms with Crippen molar-refractivity contribution in [1.29, 1.82) is 0 Å². The molecular weight excluding hydrogens is 271 g/mol. The molecule has 0 aromatic heterocycles. The number of ether oxygens (including phenoxy) is 1. The lowest BCUT2D eigenvalue weighted by molar-refractivity contribution is -0.131. The summed E-state index contributed by atoms with van der Waals surface area (Å²) in [5, 5.41) is 8.53. The third-order valence-corrected chi connectivity index (χ3v) is 2.85. The van der Waals surface area contributed by atoms with Crippen LogP contribution < -0.4 is 4.74 Å². The van der Waals surface area contributed by atoms with Crippen molar-refractivity contribution in [1.82, 2.24) is 0 Å². The Bertz CT molecular complexity index is 677. The molecule has 2 rings (SSSR count). The minimum absolute atomic E-state index is 0.143. The van der Waals surface area contributed by atoms with Crippen molar-refractivity contribution in [2.45, 2.75) is 13.5 Å². The van der Waals surface area contributed by atoms with Crippen LogP contribution in [-0.4, -0.2) is 11.1 Å². The first kappa shape index (κ1) is 14.8. The highest BCUT2D eigenvalue weighted by molar-refractivity contribution is 5.85. The summed E-state index contributed by atoms with van der Waals surface area (Å²) in [5.41, 5.74) is 2.55. The quantitative estimate of drug-likeness (QED) is 0.850. The normalized spacial score (nSPS) is 10.8. The number of carboxylic acids is 1. The molecule has 0 aliphatic rings. The number of aliphatic carboxylic acids is 1. The average Bonchev–Trinajstić information content (AvgIpc) is 2.44. The average molecular weight is 286 g/mol. The minimum Gasteiger partial charge on any atom is -0.486 e. The number of carbonyl (C=O) groups is 1. The number of benzene rings is 2. The fourth-order valence-electron chi connectivity index (χ4n) is 1.87. The molecule has 0 heterocycles. The monoisotopic (exact) mass is 286 g/mol. The second-order valence-electron chi connectivity index (χ2n) is 4.64. The maximum Gasteiger partial charge on any atom is 0.328 e. The molecular formula is C17H15FO3. The van der Waals surface area contributed by atoms with Gasteiger partial charge in [0, 0.05) is 6.08 Å². The van der Waals surface area contributed by atoms with E-state index in [1.165, 1.54) is 18.2 Å². The molecule has 3 nitrogen and oxygen atoms in total. The Balaban J connectivity index is 2.06. The summed E-state index contributed by atoms with van der Waals surface area (Å²) in [7, 11) is 0. The lowest BCUT2D eigenvalue weighted by Crippen LogP contribution is -1.98. The second kappa shape index (κ2) is 6.70. The van der Waals surface area contributed by atoms with Gasteiger partial charge in [-0.3, -0.25) is 0 Å². The Labute approximate surface area is 122 Å². The number of carboxylic acid groups (broad SMARTS) is 1. The molecule has 0 amide bonds. The highest BCUT2D eigenvalue weighted by Crippen LogP contribution is 2.20. The lowest BCUT2D eigenvalue weighted by Gasteiger charge is -2.08. The number of halogens is 1. The van der Waals surface area contributed by atoms with Crippen LogP contribution in [0.4, 0.5) is 4.39 Å². The molecule has 108 valence electrons. The molecule has 0 bridgehead atoms. The molecule has 1 N–H and O–H groups in total. The van der Waals surface area contributed by atoms with Crippen molar-refractivity contribution >= 4 is 12.0 Å². The first-order chi connectivity index (χ1) is 10.0. The molecule has 21 heavy (non-hydrogen) atoms. The summed E-state index contributed by atoms with van der Waals surface area (Å²) < 4.78 is 19.3. The zero-order valence-corrected chi connectivity index (χ0v) is 11.5. The zero-order valence-electron chi connectivity index (χ0n) is 11.5. The van der Waals surface area contributed by atoms with E-state index in [2.05, 4.69) is 0 Å². The van der Waals surface area contributed by atoms with Crippen LogP contribution >= 0.6 is 0 Å². The van der Waals surface area contributed by atoms with Crippen molar-refractivity contribution in [3.05, 3.63) is 71.0 Å². The fourth-order valence-corrected chi connectivity index (χ4v) is 1.87. The summed E-state index contributed by atoms with van der Waals surface area (Å²) in [4.78, 5) is 10.4. The van der Waals surface area contributed by atoms with Crippen LogP contribution in [0.2, 0.25) is 0 Å². The van der Waals surface area contributed by atoms with Gasteiger partial charge in [-0.15, -0.1) is 0 Å². The van der Waals surface area contributed by atoms with Crippen LogP contribution in [0.3, 0.4) is 0 Å². The van der Waals surface area contributed by atoms with Gasteiger partial charge in [0.2, 0.25) is 0 Å². The van der Waals surface area contributed by atoms with Crippen LogP contribution in [0, 0.1) is 12.7 Å². The molecule has 2 aromatic carbocycles. The van der Waals surface area contributed by atoms with Crippen LogP contribution in [0.1, 0.15) is 16.7 Å². The lowest BCUT2D eigenvalue weighted by atomic mass is 10.1. The van der Waals surface area contributed by atoms with Gasteiger partial charge in [0.15, 0.2) is 11.6 Å². The van der Waals surface area contributed by atoms with Crippen molar-refractivity contribution in [2.75, 3.05) is 0 Å². The molecule has 0 aliphatic carbocycles. The number of hydrogen-bond donors (Lipinski definition) is 1. The van der Waals surface area contributed by atoms with E-state index < -0.39 is 11.8 Å². The molecule has 0 aliphatic heterocycles. The molecule has 0 atom stereocenters. The standard InChI is InChI=1S/C17H15FO3/c1-12-3-2-4-14(9-12)11-21-16-7-5-13(10-15(16)18)6-8-17(19)20/h2-10H,11H2,1H3,(H,19,20)/b8-6+.